The van der Waals surface area contributed by atoms with Gasteiger partial charge in [-0.25, -0.2) is 9.59 Å². The van der Waals surface area contributed by atoms with E-state index in [4.69, 9.17) is 9.84 Å². The minimum absolute atomic E-state index is 0.201. The molecule has 0 bridgehead atoms. The van der Waals surface area contributed by atoms with Gasteiger partial charge >= 0.3 is 12.1 Å². The quantitative estimate of drug-likeness (QED) is 0.683. The van der Waals surface area contributed by atoms with Crippen LogP contribution in [0.3, 0.4) is 0 Å². The summed E-state index contributed by atoms with van der Waals surface area (Å²) in [5.74, 6) is -1.21. The molecule has 1 heterocycles. The highest BCUT2D eigenvalue weighted by Crippen LogP contribution is 2.21. The predicted octanol–water partition coefficient (Wildman–Crippen LogP) is 0.441. The minimum Gasteiger partial charge on any atom is -0.480 e. The summed E-state index contributed by atoms with van der Waals surface area (Å²) in [4.78, 5) is 23.6. The van der Waals surface area contributed by atoms with Crippen LogP contribution in [0, 0.1) is 0 Å². The number of ether oxygens (including phenoxy) is 1. The monoisotopic (exact) mass is 231 g/mol. The number of carbonyl (C=O) groups excluding carboxylic acids is 1. The van der Waals surface area contributed by atoms with Crippen LogP contribution in [0.25, 0.3) is 0 Å². The van der Waals surface area contributed by atoms with Crippen molar-refractivity contribution in [2.24, 2.45) is 0 Å². The average Bonchev–Trinajstić information content (AvgIpc) is 2.43. The van der Waals surface area contributed by atoms with E-state index in [1.807, 2.05) is 0 Å². The Labute approximate surface area is 93.8 Å². The maximum atomic E-state index is 11.7. The smallest absolute Gasteiger partial charge is 0.411 e. The van der Waals surface area contributed by atoms with Crippen LogP contribution in [-0.4, -0.2) is 51.5 Å². The number of carboxylic acids is 1. The maximum absolute atomic E-state index is 11.7. The van der Waals surface area contributed by atoms with Crippen LogP contribution < -0.4 is 0 Å². The molecule has 1 saturated heterocycles. The molecule has 6 nitrogen and oxygen atoms in total. The van der Waals surface area contributed by atoms with Gasteiger partial charge < -0.3 is 14.9 Å². The third-order valence-electron chi connectivity index (χ3n) is 2.25. The Morgan fingerprint density at radius 3 is 2.38 bits per heavy atom. The molecular formula is C10H17NO5. The van der Waals surface area contributed by atoms with Crippen LogP contribution in [0.15, 0.2) is 0 Å². The number of nitrogens with zero attached hydrogens (tertiary/aromatic N) is 1. The summed E-state index contributed by atoms with van der Waals surface area (Å²) in [7, 11) is 0. The fourth-order valence-corrected chi connectivity index (χ4v) is 1.60. The lowest BCUT2D eigenvalue weighted by molar-refractivity contribution is -0.144. The van der Waals surface area contributed by atoms with Gasteiger partial charge in [0.15, 0.2) is 6.04 Å². The highest BCUT2D eigenvalue weighted by Gasteiger charge is 2.42. The van der Waals surface area contributed by atoms with Crippen LogP contribution in [0.1, 0.15) is 27.2 Å². The Balaban J connectivity index is 2.73. The second kappa shape index (κ2) is 4.29. The standard InChI is InChI=1S/C10H17NO5/c1-10(2,3)16-9(15)11-5-4-6(12)7(11)8(13)14/h6-7,12H,4-5H2,1-3H3,(H,13,14)/t6-,7-/m1/s1. The highest BCUT2D eigenvalue weighted by molar-refractivity contribution is 5.81. The van der Waals surface area contributed by atoms with Crippen molar-refractivity contribution >= 4 is 12.1 Å². The van der Waals surface area contributed by atoms with Crippen molar-refractivity contribution in [3.63, 3.8) is 0 Å². The van der Waals surface area contributed by atoms with Crippen molar-refractivity contribution in [3.05, 3.63) is 0 Å². The summed E-state index contributed by atoms with van der Waals surface area (Å²) < 4.78 is 5.06. The van der Waals surface area contributed by atoms with Crippen molar-refractivity contribution in [1.82, 2.24) is 4.90 Å². The van der Waals surface area contributed by atoms with E-state index < -0.39 is 29.8 Å². The first-order chi connectivity index (χ1) is 7.22. The van der Waals surface area contributed by atoms with Gasteiger partial charge in [0, 0.05) is 6.54 Å². The van der Waals surface area contributed by atoms with Crippen molar-refractivity contribution in [2.45, 2.75) is 44.9 Å². The first-order valence-corrected chi connectivity index (χ1v) is 5.13. The van der Waals surface area contributed by atoms with E-state index >= 15 is 0 Å². The third-order valence-corrected chi connectivity index (χ3v) is 2.25. The molecule has 1 aliphatic heterocycles. The van der Waals surface area contributed by atoms with Gasteiger partial charge in [0.05, 0.1) is 6.10 Å². The summed E-state index contributed by atoms with van der Waals surface area (Å²) in [6, 6.07) is -1.20. The van der Waals surface area contributed by atoms with Crippen LogP contribution in [0.4, 0.5) is 4.79 Å². The maximum Gasteiger partial charge on any atom is 0.411 e. The number of rotatable bonds is 1. The fraction of sp³-hybridized carbons (Fsp3) is 0.800. The first-order valence-electron chi connectivity index (χ1n) is 5.13. The molecule has 0 radical (unpaired) electrons. The third kappa shape index (κ3) is 2.85. The second-order valence-corrected chi connectivity index (χ2v) is 4.81. The van der Waals surface area contributed by atoms with E-state index in [0.29, 0.717) is 0 Å². The molecule has 0 saturated carbocycles. The summed E-state index contributed by atoms with van der Waals surface area (Å²) in [5.41, 5.74) is -0.673. The molecule has 1 amide bonds. The topological polar surface area (TPSA) is 87.1 Å². The molecule has 0 aromatic rings. The Kier molecular flexibility index (Phi) is 3.42. The van der Waals surface area contributed by atoms with Gasteiger partial charge in [-0.15, -0.1) is 0 Å². The number of likely N-dealkylation sites (tertiary alicyclic amines) is 1. The molecule has 1 aliphatic rings. The van der Waals surface area contributed by atoms with E-state index in [2.05, 4.69) is 0 Å². The molecule has 1 fully saturated rings. The second-order valence-electron chi connectivity index (χ2n) is 4.81. The van der Waals surface area contributed by atoms with Gasteiger partial charge in [-0.3, -0.25) is 4.90 Å². The van der Waals surface area contributed by atoms with Crippen molar-refractivity contribution in [3.8, 4) is 0 Å². The Hall–Kier alpha value is -1.30. The van der Waals surface area contributed by atoms with Crippen LogP contribution in [0.5, 0.6) is 0 Å². The van der Waals surface area contributed by atoms with Gasteiger partial charge in [0.25, 0.3) is 0 Å². The minimum atomic E-state index is -1.21. The zero-order chi connectivity index (χ0) is 12.5. The number of carbonyl (C=O) groups is 2. The number of carboxylic acid groups (broad SMARTS) is 1. The number of aliphatic hydroxyl groups is 1. The summed E-state index contributed by atoms with van der Waals surface area (Å²) in [6.45, 7) is 5.31. The van der Waals surface area contributed by atoms with Gasteiger partial charge in [-0.1, -0.05) is 0 Å². The Morgan fingerprint density at radius 1 is 1.38 bits per heavy atom. The zero-order valence-electron chi connectivity index (χ0n) is 9.64. The van der Waals surface area contributed by atoms with Gasteiger partial charge in [0.1, 0.15) is 5.60 Å². The van der Waals surface area contributed by atoms with Gasteiger partial charge in [0.2, 0.25) is 0 Å². The molecular weight excluding hydrogens is 214 g/mol. The largest absolute Gasteiger partial charge is 0.480 e. The molecule has 0 aliphatic carbocycles. The Bertz CT molecular complexity index is 296. The molecule has 0 aromatic heterocycles. The van der Waals surface area contributed by atoms with E-state index in [0.717, 1.165) is 4.90 Å². The van der Waals surface area contributed by atoms with E-state index in [1.165, 1.54) is 0 Å². The first kappa shape index (κ1) is 12.8. The van der Waals surface area contributed by atoms with Gasteiger partial charge in [-0.2, -0.15) is 0 Å². The SMILES string of the molecule is CC(C)(C)OC(=O)N1CC[C@@H](O)[C@@H]1C(=O)O. The summed E-state index contributed by atoms with van der Waals surface area (Å²) >= 11 is 0. The molecule has 0 aromatic carbocycles. The van der Waals surface area contributed by atoms with E-state index in [1.54, 1.807) is 20.8 Å². The van der Waals surface area contributed by atoms with Crippen molar-refractivity contribution in [2.75, 3.05) is 6.54 Å². The normalized spacial score (nSPS) is 25.6. The molecule has 6 heteroatoms. The molecule has 16 heavy (non-hydrogen) atoms. The zero-order valence-corrected chi connectivity index (χ0v) is 9.64. The van der Waals surface area contributed by atoms with Crippen molar-refractivity contribution in [1.29, 1.82) is 0 Å². The van der Waals surface area contributed by atoms with E-state index in [9.17, 15) is 14.7 Å². The highest BCUT2D eigenvalue weighted by atomic mass is 16.6. The number of aliphatic carboxylic acids is 1. The van der Waals surface area contributed by atoms with E-state index in [-0.39, 0.29) is 13.0 Å². The van der Waals surface area contributed by atoms with Crippen LogP contribution >= 0.6 is 0 Å². The molecule has 2 atom stereocenters. The molecule has 1 rings (SSSR count). The molecule has 2 N–H and O–H groups in total. The van der Waals surface area contributed by atoms with Crippen LogP contribution in [-0.2, 0) is 9.53 Å². The van der Waals surface area contributed by atoms with Crippen LogP contribution in [0.2, 0.25) is 0 Å². The Morgan fingerprint density at radius 2 is 1.94 bits per heavy atom. The molecule has 92 valence electrons. The number of hydrogen-bond donors (Lipinski definition) is 2. The van der Waals surface area contributed by atoms with Crippen molar-refractivity contribution < 1.29 is 24.5 Å². The predicted molar refractivity (Wildman–Crippen MR) is 55.0 cm³/mol. The lowest BCUT2D eigenvalue weighted by atomic mass is 10.2. The lowest BCUT2D eigenvalue weighted by Gasteiger charge is -2.27. The molecule has 0 unspecified atom stereocenters. The lowest BCUT2D eigenvalue weighted by Crippen LogP contribution is -2.46. The molecule has 0 spiro atoms. The fourth-order valence-electron chi connectivity index (χ4n) is 1.60. The van der Waals surface area contributed by atoms with Gasteiger partial charge in [-0.05, 0) is 27.2 Å². The number of aliphatic hydroxyl groups excluding tert-OH is 1. The number of hydrogen-bond acceptors (Lipinski definition) is 4. The summed E-state index contributed by atoms with van der Waals surface area (Å²) in [5, 5.41) is 18.3. The average molecular weight is 231 g/mol. The number of amides is 1. The summed E-state index contributed by atoms with van der Waals surface area (Å²) in [6.07, 6.45) is -1.46.